The number of anilines is 2. The number of alkyl halides is 1. The van der Waals surface area contributed by atoms with Gasteiger partial charge in [-0.2, -0.15) is 5.26 Å². The minimum absolute atomic E-state index is 0.348. The number of nitriles is 1. The molecular weight excluding hydrogens is 485 g/mol. The number of ether oxygens (including phenoxy) is 3. The lowest BCUT2D eigenvalue weighted by molar-refractivity contribution is 0.313. The van der Waals surface area contributed by atoms with E-state index in [4.69, 9.17) is 49.0 Å². The van der Waals surface area contributed by atoms with Crippen LogP contribution in [0.15, 0.2) is 42.6 Å². The molecule has 0 spiro atoms. The number of halogens is 3. The van der Waals surface area contributed by atoms with Crippen LogP contribution < -0.4 is 19.5 Å². The molecule has 0 aliphatic heterocycles. The van der Waals surface area contributed by atoms with E-state index < -0.39 is 0 Å². The standard InChI is InChI=1S/C24H18Cl3N3O3/c1-31-21-10-20(17(26)9-18(21)27)30-24-15(11-28)12-29-19-6-14-7-22(32-2)23(33-4-3-25)8-13(14)5-16(19)24/h5-10,12H,3-4H2,1-2H3,(H,29,30). The molecule has 1 aromatic heterocycles. The predicted octanol–water partition coefficient (Wildman–Crippen LogP) is 6.94. The number of hydrogen-bond acceptors (Lipinski definition) is 6. The Morgan fingerprint density at radius 3 is 2.36 bits per heavy atom. The van der Waals surface area contributed by atoms with E-state index in [1.54, 1.807) is 19.2 Å². The first-order valence-electron chi connectivity index (χ1n) is 9.82. The van der Waals surface area contributed by atoms with Crippen LogP contribution in [0, 0.1) is 11.3 Å². The maximum absolute atomic E-state index is 9.74. The Morgan fingerprint density at radius 1 is 0.939 bits per heavy atom. The second-order valence-electron chi connectivity index (χ2n) is 7.01. The van der Waals surface area contributed by atoms with Gasteiger partial charge in [-0.1, -0.05) is 23.2 Å². The maximum atomic E-state index is 9.74. The average Bonchev–Trinajstić information content (AvgIpc) is 2.82. The molecule has 0 radical (unpaired) electrons. The quantitative estimate of drug-likeness (QED) is 0.218. The smallest absolute Gasteiger partial charge is 0.161 e. The summed E-state index contributed by atoms with van der Waals surface area (Å²) >= 11 is 18.4. The Balaban J connectivity index is 1.91. The molecular formula is C24H18Cl3N3O3. The number of nitrogens with zero attached hydrogens (tertiary/aromatic N) is 2. The minimum Gasteiger partial charge on any atom is -0.495 e. The van der Waals surface area contributed by atoms with Crippen molar-refractivity contribution in [3.63, 3.8) is 0 Å². The van der Waals surface area contributed by atoms with E-state index in [-0.39, 0.29) is 0 Å². The number of fused-ring (bicyclic) bond motifs is 2. The van der Waals surface area contributed by atoms with Crippen LogP contribution in [0.25, 0.3) is 21.7 Å². The molecule has 0 amide bonds. The van der Waals surface area contributed by atoms with Crippen molar-refractivity contribution in [3.8, 4) is 23.3 Å². The van der Waals surface area contributed by atoms with Crippen LogP contribution in [0.1, 0.15) is 5.56 Å². The van der Waals surface area contributed by atoms with Crippen molar-refractivity contribution >= 4 is 67.9 Å². The molecule has 0 atom stereocenters. The summed E-state index contributed by atoms with van der Waals surface area (Å²) in [5, 5.41) is 16.3. The van der Waals surface area contributed by atoms with Gasteiger partial charge >= 0.3 is 0 Å². The zero-order valence-electron chi connectivity index (χ0n) is 17.7. The van der Waals surface area contributed by atoms with Crippen molar-refractivity contribution in [2.45, 2.75) is 0 Å². The molecule has 168 valence electrons. The highest BCUT2D eigenvalue weighted by Gasteiger charge is 2.15. The fourth-order valence-corrected chi connectivity index (χ4v) is 4.09. The molecule has 4 rings (SSSR count). The topological polar surface area (TPSA) is 76.4 Å². The van der Waals surface area contributed by atoms with Gasteiger partial charge in [0.1, 0.15) is 18.4 Å². The van der Waals surface area contributed by atoms with Gasteiger partial charge in [0.05, 0.1) is 52.6 Å². The van der Waals surface area contributed by atoms with Crippen molar-refractivity contribution in [2.24, 2.45) is 0 Å². The molecule has 0 fully saturated rings. The summed E-state index contributed by atoms with van der Waals surface area (Å²) in [5.74, 6) is 1.99. The molecule has 0 unspecified atom stereocenters. The van der Waals surface area contributed by atoms with Crippen LogP contribution in [-0.2, 0) is 0 Å². The molecule has 1 heterocycles. The van der Waals surface area contributed by atoms with Gasteiger partial charge in [0.2, 0.25) is 0 Å². The van der Waals surface area contributed by atoms with Crippen LogP contribution in [0.4, 0.5) is 11.4 Å². The zero-order chi connectivity index (χ0) is 23.5. The molecule has 4 aromatic rings. The lowest BCUT2D eigenvalue weighted by Crippen LogP contribution is -2.01. The highest BCUT2D eigenvalue weighted by atomic mass is 35.5. The lowest BCUT2D eigenvalue weighted by Gasteiger charge is -2.16. The van der Waals surface area contributed by atoms with Crippen molar-refractivity contribution in [2.75, 3.05) is 32.0 Å². The molecule has 1 N–H and O–H groups in total. The summed E-state index contributed by atoms with van der Waals surface area (Å²) in [6.45, 7) is 0.348. The predicted molar refractivity (Wildman–Crippen MR) is 133 cm³/mol. The molecule has 0 saturated heterocycles. The Labute approximate surface area is 205 Å². The van der Waals surface area contributed by atoms with E-state index in [9.17, 15) is 5.26 Å². The zero-order valence-corrected chi connectivity index (χ0v) is 20.0. The average molecular weight is 503 g/mol. The number of hydrogen-bond donors (Lipinski definition) is 1. The fraction of sp³-hybridized carbons (Fsp3) is 0.167. The van der Waals surface area contributed by atoms with Crippen LogP contribution in [0.3, 0.4) is 0 Å². The molecule has 33 heavy (non-hydrogen) atoms. The molecule has 3 aromatic carbocycles. The molecule has 0 bridgehead atoms. The van der Waals surface area contributed by atoms with Gasteiger partial charge in [-0.3, -0.25) is 4.98 Å². The third-order valence-corrected chi connectivity index (χ3v) is 5.83. The Morgan fingerprint density at radius 2 is 1.67 bits per heavy atom. The van der Waals surface area contributed by atoms with Gasteiger partial charge in [0.25, 0.3) is 0 Å². The lowest BCUT2D eigenvalue weighted by atomic mass is 10.0. The molecule has 0 aliphatic rings. The summed E-state index contributed by atoms with van der Waals surface area (Å²) in [5.41, 5.74) is 2.16. The summed E-state index contributed by atoms with van der Waals surface area (Å²) in [6.07, 6.45) is 1.52. The van der Waals surface area contributed by atoms with E-state index in [2.05, 4.69) is 16.4 Å². The van der Waals surface area contributed by atoms with Crippen LogP contribution in [0.5, 0.6) is 17.2 Å². The van der Waals surface area contributed by atoms with Gasteiger partial charge in [0, 0.05) is 17.6 Å². The molecule has 9 heteroatoms. The van der Waals surface area contributed by atoms with Crippen molar-refractivity contribution in [1.82, 2.24) is 4.98 Å². The summed E-state index contributed by atoms with van der Waals surface area (Å²) in [7, 11) is 3.10. The summed E-state index contributed by atoms with van der Waals surface area (Å²) in [4.78, 5) is 4.47. The summed E-state index contributed by atoms with van der Waals surface area (Å²) < 4.78 is 16.5. The van der Waals surface area contributed by atoms with Crippen LogP contribution >= 0.6 is 34.8 Å². The number of nitrogens with one attached hydrogen (secondary N) is 1. The monoisotopic (exact) mass is 501 g/mol. The molecule has 0 saturated carbocycles. The van der Waals surface area contributed by atoms with Gasteiger partial charge in [-0.05, 0) is 41.1 Å². The number of rotatable bonds is 7. The number of methoxy groups -OCH3 is 2. The first-order valence-corrected chi connectivity index (χ1v) is 11.1. The van der Waals surface area contributed by atoms with Crippen LogP contribution in [0.2, 0.25) is 10.0 Å². The second kappa shape index (κ2) is 9.80. The summed E-state index contributed by atoms with van der Waals surface area (Å²) in [6, 6.07) is 13.1. The number of benzene rings is 3. The minimum atomic E-state index is 0.348. The fourth-order valence-electron chi connectivity index (χ4n) is 3.50. The van der Waals surface area contributed by atoms with E-state index in [1.165, 1.54) is 13.3 Å². The van der Waals surface area contributed by atoms with E-state index in [0.29, 0.717) is 62.2 Å². The van der Waals surface area contributed by atoms with Gasteiger partial charge in [-0.15, -0.1) is 11.6 Å². The molecule has 0 aliphatic carbocycles. The maximum Gasteiger partial charge on any atom is 0.161 e. The highest BCUT2D eigenvalue weighted by Crippen LogP contribution is 2.40. The normalized spacial score (nSPS) is 10.8. The first-order chi connectivity index (χ1) is 16.0. The van der Waals surface area contributed by atoms with Crippen molar-refractivity contribution in [1.29, 1.82) is 5.26 Å². The van der Waals surface area contributed by atoms with E-state index >= 15 is 0 Å². The number of pyridine rings is 1. The second-order valence-corrected chi connectivity index (χ2v) is 8.20. The van der Waals surface area contributed by atoms with Crippen molar-refractivity contribution < 1.29 is 14.2 Å². The Kier molecular flexibility index (Phi) is 6.85. The van der Waals surface area contributed by atoms with Crippen LogP contribution in [-0.4, -0.2) is 31.7 Å². The van der Waals surface area contributed by atoms with E-state index in [0.717, 1.165) is 16.2 Å². The Hall–Kier alpha value is -3.11. The molecule has 6 nitrogen and oxygen atoms in total. The van der Waals surface area contributed by atoms with E-state index in [1.807, 2.05) is 24.3 Å². The third-order valence-electron chi connectivity index (χ3n) is 5.07. The SMILES string of the molecule is COc1cc(Nc2c(C#N)cnc3cc4cc(OC)c(OCCCl)cc4cc23)c(Cl)cc1Cl. The first kappa shape index (κ1) is 23.1. The highest BCUT2D eigenvalue weighted by molar-refractivity contribution is 6.37. The Bertz CT molecular complexity index is 1400. The van der Waals surface area contributed by atoms with Gasteiger partial charge < -0.3 is 19.5 Å². The van der Waals surface area contributed by atoms with Crippen molar-refractivity contribution in [3.05, 3.63) is 58.2 Å². The third kappa shape index (κ3) is 4.53. The number of aromatic nitrogens is 1. The van der Waals surface area contributed by atoms with Gasteiger partial charge in [0.15, 0.2) is 11.5 Å². The van der Waals surface area contributed by atoms with Gasteiger partial charge in [-0.25, -0.2) is 0 Å². The largest absolute Gasteiger partial charge is 0.495 e.